The van der Waals surface area contributed by atoms with Gasteiger partial charge in [-0.2, -0.15) is 0 Å². The van der Waals surface area contributed by atoms with Crippen molar-refractivity contribution in [2.24, 2.45) is 0 Å². The highest BCUT2D eigenvalue weighted by atomic mass is 19.1. The minimum Gasteiger partial charge on any atom is -0.495 e. The van der Waals surface area contributed by atoms with Gasteiger partial charge in [0.15, 0.2) is 0 Å². The first kappa shape index (κ1) is 16.4. The van der Waals surface area contributed by atoms with Gasteiger partial charge in [0.05, 0.1) is 29.8 Å². The predicted octanol–water partition coefficient (Wildman–Crippen LogP) is 2.57. The van der Waals surface area contributed by atoms with E-state index in [9.17, 15) is 19.3 Å². The van der Waals surface area contributed by atoms with Gasteiger partial charge in [-0.1, -0.05) is 0 Å². The third kappa shape index (κ3) is 3.55. The first-order valence-electron chi connectivity index (χ1n) is 7.21. The highest BCUT2D eigenvalue weighted by molar-refractivity contribution is 5.94. The Morgan fingerprint density at radius 1 is 1.36 bits per heavy atom. The molecule has 0 fully saturated rings. The number of imidazole rings is 1. The SMILES string of the molecule is COc1ccc([N+](=O)[O-])cc1NC(=O)Cc1cn2cc(F)ccc2n1. The van der Waals surface area contributed by atoms with Crippen LogP contribution >= 0.6 is 0 Å². The number of nitrogens with one attached hydrogen (secondary N) is 1. The van der Waals surface area contributed by atoms with Crippen molar-refractivity contribution in [1.29, 1.82) is 0 Å². The van der Waals surface area contributed by atoms with Gasteiger partial charge in [-0.3, -0.25) is 14.9 Å². The number of methoxy groups -OCH3 is 1. The van der Waals surface area contributed by atoms with Gasteiger partial charge in [0.25, 0.3) is 5.69 Å². The molecule has 3 rings (SSSR count). The fraction of sp³-hybridized carbons (Fsp3) is 0.125. The second-order valence-corrected chi connectivity index (χ2v) is 5.21. The van der Waals surface area contributed by atoms with Gasteiger partial charge in [-0.25, -0.2) is 9.37 Å². The molecule has 3 aromatic rings. The van der Waals surface area contributed by atoms with Crippen LogP contribution < -0.4 is 10.1 Å². The molecule has 1 amide bonds. The summed E-state index contributed by atoms with van der Waals surface area (Å²) in [5.74, 6) is -0.541. The van der Waals surface area contributed by atoms with E-state index in [1.165, 1.54) is 48.0 Å². The number of carbonyl (C=O) groups is 1. The van der Waals surface area contributed by atoms with Gasteiger partial charge in [-0.15, -0.1) is 0 Å². The second-order valence-electron chi connectivity index (χ2n) is 5.21. The number of carbonyl (C=O) groups excluding carboxylic acids is 1. The van der Waals surface area contributed by atoms with Crippen molar-refractivity contribution in [2.45, 2.75) is 6.42 Å². The number of nitrogens with zero attached hydrogens (tertiary/aromatic N) is 3. The molecule has 0 bridgehead atoms. The summed E-state index contributed by atoms with van der Waals surface area (Å²) in [4.78, 5) is 26.7. The molecular formula is C16H13FN4O4. The molecular weight excluding hydrogens is 331 g/mol. The monoisotopic (exact) mass is 344 g/mol. The molecule has 2 aromatic heterocycles. The van der Waals surface area contributed by atoms with Crippen molar-refractivity contribution in [3.05, 3.63) is 64.4 Å². The van der Waals surface area contributed by atoms with Gasteiger partial charge in [0, 0.05) is 24.5 Å². The number of benzene rings is 1. The van der Waals surface area contributed by atoms with Crippen LogP contribution in [0.3, 0.4) is 0 Å². The average molecular weight is 344 g/mol. The molecule has 0 atom stereocenters. The molecule has 0 aliphatic rings. The molecule has 0 aliphatic heterocycles. The fourth-order valence-electron chi connectivity index (χ4n) is 2.37. The summed E-state index contributed by atoms with van der Waals surface area (Å²) in [6.07, 6.45) is 2.73. The van der Waals surface area contributed by atoms with Crippen LogP contribution in [0.1, 0.15) is 5.69 Å². The molecule has 0 saturated heterocycles. The lowest BCUT2D eigenvalue weighted by Gasteiger charge is -2.09. The molecule has 1 aromatic carbocycles. The van der Waals surface area contributed by atoms with Gasteiger partial charge in [-0.05, 0) is 18.2 Å². The molecule has 8 nitrogen and oxygen atoms in total. The number of nitro benzene ring substituents is 1. The molecule has 0 radical (unpaired) electrons. The lowest BCUT2D eigenvalue weighted by Crippen LogP contribution is -2.15. The van der Waals surface area contributed by atoms with Crippen LogP contribution in [0.15, 0.2) is 42.7 Å². The molecule has 9 heteroatoms. The molecule has 0 saturated carbocycles. The van der Waals surface area contributed by atoms with E-state index in [1.54, 1.807) is 6.20 Å². The third-order valence-corrected chi connectivity index (χ3v) is 3.47. The molecule has 0 spiro atoms. The molecule has 0 aliphatic carbocycles. The minimum absolute atomic E-state index is 0.0743. The molecule has 128 valence electrons. The lowest BCUT2D eigenvalue weighted by atomic mass is 10.2. The fourth-order valence-corrected chi connectivity index (χ4v) is 2.37. The van der Waals surface area contributed by atoms with E-state index in [0.29, 0.717) is 17.1 Å². The summed E-state index contributed by atoms with van der Waals surface area (Å²) >= 11 is 0. The number of amides is 1. The van der Waals surface area contributed by atoms with Crippen LogP contribution in [0.25, 0.3) is 5.65 Å². The zero-order valence-electron chi connectivity index (χ0n) is 13.1. The van der Waals surface area contributed by atoms with Gasteiger partial charge in [0.2, 0.25) is 5.91 Å². The highest BCUT2D eigenvalue weighted by Crippen LogP contribution is 2.28. The number of fused-ring (bicyclic) bond motifs is 1. The number of nitro groups is 1. The number of aromatic nitrogens is 2. The Balaban J connectivity index is 1.79. The summed E-state index contributed by atoms with van der Waals surface area (Å²) in [7, 11) is 1.40. The first-order valence-corrected chi connectivity index (χ1v) is 7.21. The van der Waals surface area contributed by atoms with Crippen LogP contribution in [0.5, 0.6) is 5.75 Å². The van der Waals surface area contributed by atoms with Crippen LogP contribution in [0.4, 0.5) is 15.8 Å². The van der Waals surface area contributed by atoms with Crippen LogP contribution in [0, 0.1) is 15.9 Å². The largest absolute Gasteiger partial charge is 0.495 e. The van der Waals surface area contributed by atoms with E-state index in [0.717, 1.165) is 0 Å². The number of halogens is 1. The smallest absolute Gasteiger partial charge is 0.271 e. The van der Waals surface area contributed by atoms with Crippen molar-refractivity contribution < 1.29 is 18.8 Å². The summed E-state index contributed by atoms with van der Waals surface area (Å²) in [6.45, 7) is 0. The average Bonchev–Trinajstić information content (AvgIpc) is 2.95. The highest BCUT2D eigenvalue weighted by Gasteiger charge is 2.15. The Morgan fingerprint density at radius 2 is 2.16 bits per heavy atom. The van der Waals surface area contributed by atoms with Crippen molar-refractivity contribution in [3.63, 3.8) is 0 Å². The predicted molar refractivity (Wildman–Crippen MR) is 87.1 cm³/mol. The van der Waals surface area contributed by atoms with Crippen molar-refractivity contribution >= 4 is 22.9 Å². The quantitative estimate of drug-likeness (QED) is 0.566. The Kier molecular flexibility index (Phi) is 4.29. The minimum atomic E-state index is -0.564. The Morgan fingerprint density at radius 3 is 2.88 bits per heavy atom. The molecule has 1 N–H and O–H groups in total. The summed E-state index contributed by atoms with van der Waals surface area (Å²) in [6, 6.07) is 6.68. The maximum absolute atomic E-state index is 13.2. The number of hydrogen-bond acceptors (Lipinski definition) is 5. The third-order valence-electron chi connectivity index (χ3n) is 3.47. The number of non-ortho nitro benzene ring substituents is 1. The van der Waals surface area contributed by atoms with E-state index in [2.05, 4.69) is 10.3 Å². The maximum atomic E-state index is 13.2. The zero-order valence-corrected chi connectivity index (χ0v) is 13.1. The Hall–Kier alpha value is -3.49. The number of rotatable bonds is 5. The Labute approximate surface area is 141 Å². The van der Waals surface area contributed by atoms with Crippen molar-refractivity contribution in [2.75, 3.05) is 12.4 Å². The van der Waals surface area contributed by atoms with Gasteiger partial charge < -0.3 is 14.5 Å². The number of pyridine rings is 1. The number of anilines is 1. The van der Waals surface area contributed by atoms with Crippen LogP contribution in [0.2, 0.25) is 0 Å². The summed E-state index contributed by atoms with van der Waals surface area (Å²) < 4.78 is 19.8. The second kappa shape index (κ2) is 6.56. The Bertz CT molecular complexity index is 970. The van der Waals surface area contributed by atoms with E-state index in [4.69, 9.17) is 4.74 Å². The van der Waals surface area contributed by atoms with E-state index >= 15 is 0 Å². The van der Waals surface area contributed by atoms with E-state index in [-0.39, 0.29) is 17.8 Å². The maximum Gasteiger partial charge on any atom is 0.271 e. The van der Waals surface area contributed by atoms with Gasteiger partial charge >= 0.3 is 0 Å². The van der Waals surface area contributed by atoms with E-state index < -0.39 is 16.6 Å². The number of ether oxygens (including phenoxy) is 1. The summed E-state index contributed by atoms with van der Waals surface area (Å²) in [5, 5.41) is 13.4. The van der Waals surface area contributed by atoms with E-state index in [1.807, 2.05) is 0 Å². The van der Waals surface area contributed by atoms with Crippen molar-refractivity contribution in [3.8, 4) is 5.75 Å². The molecule has 0 unspecified atom stereocenters. The lowest BCUT2D eigenvalue weighted by molar-refractivity contribution is -0.384. The standard InChI is InChI=1S/C16H13FN4O4/c1-25-14-4-3-12(21(23)24)7-13(14)19-16(22)6-11-9-20-8-10(17)2-5-15(20)18-11/h2-5,7-9H,6H2,1H3,(H,19,22). The van der Waals surface area contributed by atoms with Crippen LogP contribution in [-0.4, -0.2) is 27.3 Å². The number of hydrogen-bond donors (Lipinski definition) is 1. The van der Waals surface area contributed by atoms with Crippen LogP contribution in [-0.2, 0) is 11.2 Å². The molecule has 2 heterocycles. The van der Waals surface area contributed by atoms with Crippen molar-refractivity contribution in [1.82, 2.24) is 9.38 Å². The zero-order chi connectivity index (χ0) is 18.0. The van der Waals surface area contributed by atoms with Gasteiger partial charge in [0.1, 0.15) is 17.2 Å². The topological polar surface area (TPSA) is 98.8 Å². The summed E-state index contributed by atoms with van der Waals surface area (Å²) in [5.41, 5.74) is 0.973. The first-order chi connectivity index (χ1) is 12.0. The normalized spacial score (nSPS) is 10.6. The molecule has 25 heavy (non-hydrogen) atoms.